The Hall–Kier alpha value is -1.58. The molecule has 4 nitrogen and oxygen atoms in total. The second-order valence-electron chi connectivity index (χ2n) is 3.15. The van der Waals surface area contributed by atoms with Gasteiger partial charge in [0.05, 0.1) is 6.61 Å². The van der Waals surface area contributed by atoms with Gasteiger partial charge in [-0.3, -0.25) is 0 Å². The highest BCUT2D eigenvalue weighted by Gasteiger charge is 2.11. The van der Waals surface area contributed by atoms with Crippen molar-refractivity contribution in [1.29, 1.82) is 0 Å². The first-order chi connectivity index (χ1) is 7.61. The fourth-order valence-corrected chi connectivity index (χ4v) is 1.13. The van der Waals surface area contributed by atoms with Crippen molar-refractivity contribution in [3.8, 4) is 0 Å². The normalized spacial score (nSPS) is 11.8. The molecule has 0 rings (SSSR count). The third-order valence-electron chi connectivity index (χ3n) is 1.82. The number of hydrogen-bond acceptors (Lipinski definition) is 3. The summed E-state index contributed by atoms with van der Waals surface area (Å²) < 4.78 is 4.77. The third-order valence-corrected chi connectivity index (χ3v) is 1.82. The molecule has 0 saturated heterocycles. The highest BCUT2D eigenvalue weighted by atomic mass is 16.5. The molecule has 16 heavy (non-hydrogen) atoms. The standard InChI is InChI=1S/C12H18O4/c1-3-5-6-7-8-10(9-11(13)14)12(15)16-4-2/h5-6,9H,3-4,7-8H2,1-2H3,(H,13,14)/b6-5?,10-9-. The van der Waals surface area contributed by atoms with Crippen LogP contribution in [0.25, 0.3) is 0 Å². The number of hydrogen-bond donors (Lipinski definition) is 1. The molecule has 0 unspecified atom stereocenters. The van der Waals surface area contributed by atoms with Crippen molar-refractivity contribution in [3.63, 3.8) is 0 Å². The molecule has 0 aromatic rings. The molecule has 0 aromatic carbocycles. The van der Waals surface area contributed by atoms with Gasteiger partial charge < -0.3 is 9.84 Å². The summed E-state index contributed by atoms with van der Waals surface area (Å²) in [6.45, 7) is 3.95. The number of esters is 1. The molecule has 0 radical (unpaired) electrons. The Bertz CT molecular complexity index is 289. The molecule has 0 aliphatic carbocycles. The van der Waals surface area contributed by atoms with Gasteiger partial charge in [-0.25, -0.2) is 9.59 Å². The van der Waals surface area contributed by atoms with Crippen LogP contribution < -0.4 is 0 Å². The van der Waals surface area contributed by atoms with Gasteiger partial charge in [0.1, 0.15) is 0 Å². The predicted octanol–water partition coefficient (Wildman–Crippen LogP) is 2.31. The van der Waals surface area contributed by atoms with Crippen LogP contribution in [0.15, 0.2) is 23.8 Å². The molecule has 0 aromatic heterocycles. The zero-order chi connectivity index (χ0) is 12.4. The van der Waals surface area contributed by atoms with Gasteiger partial charge >= 0.3 is 11.9 Å². The summed E-state index contributed by atoms with van der Waals surface area (Å²) in [5.41, 5.74) is 0.204. The van der Waals surface area contributed by atoms with E-state index < -0.39 is 11.9 Å². The monoisotopic (exact) mass is 226 g/mol. The average Bonchev–Trinajstić information content (AvgIpc) is 2.22. The van der Waals surface area contributed by atoms with Gasteiger partial charge in [-0.05, 0) is 26.2 Å². The number of rotatable bonds is 7. The number of carboxylic acid groups (broad SMARTS) is 1. The zero-order valence-electron chi connectivity index (χ0n) is 9.73. The largest absolute Gasteiger partial charge is 0.478 e. The van der Waals surface area contributed by atoms with E-state index in [0.717, 1.165) is 12.5 Å². The Morgan fingerprint density at radius 1 is 1.25 bits per heavy atom. The number of carbonyl (C=O) groups excluding carboxylic acids is 1. The Kier molecular flexibility index (Phi) is 7.85. The first-order valence-corrected chi connectivity index (χ1v) is 5.37. The van der Waals surface area contributed by atoms with Gasteiger partial charge in [0.25, 0.3) is 0 Å². The quantitative estimate of drug-likeness (QED) is 0.411. The van der Waals surface area contributed by atoms with Crippen LogP contribution in [0.1, 0.15) is 33.1 Å². The Morgan fingerprint density at radius 2 is 1.94 bits per heavy atom. The molecule has 0 atom stereocenters. The SMILES string of the molecule is CCC=CCC/C(=C/C(=O)O)C(=O)OCC. The molecule has 4 heteroatoms. The van der Waals surface area contributed by atoms with Crippen molar-refractivity contribution in [1.82, 2.24) is 0 Å². The minimum Gasteiger partial charge on any atom is -0.478 e. The van der Waals surface area contributed by atoms with Crippen molar-refractivity contribution in [2.45, 2.75) is 33.1 Å². The minimum absolute atomic E-state index is 0.204. The van der Waals surface area contributed by atoms with E-state index in [0.29, 0.717) is 12.8 Å². The third kappa shape index (κ3) is 6.81. The van der Waals surface area contributed by atoms with E-state index in [4.69, 9.17) is 9.84 Å². The molecule has 0 bridgehead atoms. The van der Waals surface area contributed by atoms with Gasteiger partial charge in [0.15, 0.2) is 0 Å². The van der Waals surface area contributed by atoms with Crippen molar-refractivity contribution in [3.05, 3.63) is 23.8 Å². The van der Waals surface area contributed by atoms with Crippen LogP contribution >= 0.6 is 0 Å². The second-order valence-corrected chi connectivity index (χ2v) is 3.15. The van der Waals surface area contributed by atoms with Crippen molar-refractivity contribution in [2.75, 3.05) is 6.61 Å². The van der Waals surface area contributed by atoms with Gasteiger partial charge in [0.2, 0.25) is 0 Å². The predicted molar refractivity (Wildman–Crippen MR) is 61.0 cm³/mol. The number of aliphatic carboxylic acids is 1. The number of carbonyl (C=O) groups is 2. The number of allylic oxidation sites excluding steroid dienone is 2. The number of carboxylic acids is 1. The van der Waals surface area contributed by atoms with Crippen LogP contribution in [-0.4, -0.2) is 23.7 Å². The Morgan fingerprint density at radius 3 is 2.44 bits per heavy atom. The minimum atomic E-state index is -1.12. The molecule has 0 aliphatic rings. The molecular formula is C12H18O4. The summed E-state index contributed by atoms with van der Waals surface area (Å²) in [6.07, 6.45) is 6.78. The maximum absolute atomic E-state index is 11.4. The molecule has 0 heterocycles. The first-order valence-electron chi connectivity index (χ1n) is 5.37. The summed E-state index contributed by atoms with van der Waals surface area (Å²) in [5.74, 6) is -1.67. The van der Waals surface area contributed by atoms with Gasteiger partial charge in [0, 0.05) is 11.6 Å². The van der Waals surface area contributed by atoms with Crippen LogP contribution in [0.2, 0.25) is 0 Å². The van der Waals surface area contributed by atoms with Crippen LogP contribution in [0.5, 0.6) is 0 Å². The molecule has 0 spiro atoms. The first kappa shape index (κ1) is 14.4. The summed E-state index contributed by atoms with van der Waals surface area (Å²) in [7, 11) is 0. The topological polar surface area (TPSA) is 63.6 Å². The fourth-order valence-electron chi connectivity index (χ4n) is 1.13. The van der Waals surface area contributed by atoms with Crippen LogP contribution in [-0.2, 0) is 14.3 Å². The Balaban J connectivity index is 4.38. The fraction of sp³-hybridized carbons (Fsp3) is 0.500. The van der Waals surface area contributed by atoms with E-state index in [2.05, 4.69) is 0 Å². The molecule has 90 valence electrons. The van der Waals surface area contributed by atoms with E-state index >= 15 is 0 Å². The van der Waals surface area contributed by atoms with E-state index in [1.807, 2.05) is 19.1 Å². The summed E-state index contributed by atoms with van der Waals surface area (Å²) >= 11 is 0. The molecule has 0 fully saturated rings. The van der Waals surface area contributed by atoms with Gasteiger partial charge in [-0.2, -0.15) is 0 Å². The average molecular weight is 226 g/mol. The lowest BCUT2D eigenvalue weighted by atomic mass is 10.1. The van der Waals surface area contributed by atoms with Crippen molar-refractivity contribution < 1.29 is 19.4 Å². The smallest absolute Gasteiger partial charge is 0.334 e. The van der Waals surface area contributed by atoms with Crippen molar-refractivity contribution >= 4 is 11.9 Å². The van der Waals surface area contributed by atoms with Gasteiger partial charge in [-0.15, -0.1) is 0 Å². The summed E-state index contributed by atoms with van der Waals surface area (Å²) in [6, 6.07) is 0. The van der Waals surface area contributed by atoms with Crippen LogP contribution in [0, 0.1) is 0 Å². The second kappa shape index (κ2) is 8.71. The zero-order valence-corrected chi connectivity index (χ0v) is 9.73. The lowest BCUT2D eigenvalue weighted by Crippen LogP contribution is -2.09. The molecule has 0 amide bonds. The number of ether oxygens (including phenoxy) is 1. The lowest BCUT2D eigenvalue weighted by Gasteiger charge is -2.04. The van der Waals surface area contributed by atoms with Crippen LogP contribution in [0.4, 0.5) is 0 Å². The van der Waals surface area contributed by atoms with E-state index in [1.165, 1.54) is 0 Å². The molecule has 1 N–H and O–H groups in total. The molecule has 0 saturated carbocycles. The van der Waals surface area contributed by atoms with E-state index in [-0.39, 0.29) is 12.2 Å². The lowest BCUT2D eigenvalue weighted by molar-refractivity contribution is -0.139. The van der Waals surface area contributed by atoms with E-state index in [9.17, 15) is 9.59 Å². The highest BCUT2D eigenvalue weighted by Crippen LogP contribution is 2.08. The summed E-state index contributed by atoms with van der Waals surface area (Å²) in [5, 5.41) is 8.60. The van der Waals surface area contributed by atoms with Crippen molar-refractivity contribution in [2.24, 2.45) is 0 Å². The summed E-state index contributed by atoms with van der Waals surface area (Å²) in [4.78, 5) is 21.9. The van der Waals surface area contributed by atoms with Crippen LogP contribution in [0.3, 0.4) is 0 Å². The molecule has 0 aliphatic heterocycles. The molecular weight excluding hydrogens is 208 g/mol. The highest BCUT2D eigenvalue weighted by molar-refractivity contribution is 5.95. The Labute approximate surface area is 95.6 Å². The maximum Gasteiger partial charge on any atom is 0.334 e. The maximum atomic E-state index is 11.4. The van der Waals surface area contributed by atoms with E-state index in [1.54, 1.807) is 6.92 Å². The van der Waals surface area contributed by atoms with Gasteiger partial charge in [-0.1, -0.05) is 19.1 Å².